The zero-order valence-electron chi connectivity index (χ0n) is 12.3. The molecule has 2 aromatic heterocycles. The number of hydrogen-bond donors (Lipinski definition) is 1. The third kappa shape index (κ3) is 3.61. The first-order chi connectivity index (χ1) is 10.6. The summed E-state index contributed by atoms with van der Waals surface area (Å²) in [6.45, 7) is 4.84. The van der Waals surface area contributed by atoms with Crippen molar-refractivity contribution in [3.8, 4) is 0 Å². The molecule has 3 heterocycles. The molecule has 0 spiro atoms. The number of carbonyl (C=O) groups is 1. The van der Waals surface area contributed by atoms with Crippen molar-refractivity contribution >= 4 is 45.9 Å². The molecular weight excluding hydrogens is 320 g/mol. The standard InChI is InChI=1S/C15H16N2O3S2/c1-9-7-12(22-13(9)14-19-5-6-20-14)4-3-11-8-21-15(17-11)16-10(2)18/h3-4,7-8,14H,5-6H2,1-2H3,(H,16,17,18). The molecule has 1 aliphatic rings. The number of aryl methyl sites for hydroxylation is 1. The number of nitrogens with one attached hydrogen (secondary N) is 1. The van der Waals surface area contributed by atoms with Crippen molar-refractivity contribution in [3.05, 3.63) is 32.5 Å². The van der Waals surface area contributed by atoms with Gasteiger partial charge in [0, 0.05) is 17.2 Å². The fourth-order valence-corrected chi connectivity index (χ4v) is 3.89. The smallest absolute Gasteiger partial charge is 0.223 e. The molecule has 22 heavy (non-hydrogen) atoms. The molecule has 0 aromatic carbocycles. The van der Waals surface area contributed by atoms with Crippen molar-refractivity contribution < 1.29 is 14.3 Å². The summed E-state index contributed by atoms with van der Waals surface area (Å²) in [4.78, 5) is 17.6. The number of ether oxygens (including phenoxy) is 2. The lowest BCUT2D eigenvalue weighted by atomic mass is 10.2. The van der Waals surface area contributed by atoms with Crippen LogP contribution in [0.2, 0.25) is 0 Å². The Morgan fingerprint density at radius 3 is 2.91 bits per heavy atom. The maximum absolute atomic E-state index is 11.0. The van der Waals surface area contributed by atoms with Crippen LogP contribution in [-0.4, -0.2) is 24.1 Å². The van der Waals surface area contributed by atoms with Crippen LogP contribution in [-0.2, 0) is 14.3 Å². The summed E-state index contributed by atoms with van der Waals surface area (Å²) in [6, 6.07) is 2.11. The van der Waals surface area contributed by atoms with Crippen LogP contribution >= 0.6 is 22.7 Å². The number of anilines is 1. The summed E-state index contributed by atoms with van der Waals surface area (Å²) < 4.78 is 11.1. The summed E-state index contributed by atoms with van der Waals surface area (Å²) in [5.74, 6) is -0.111. The average Bonchev–Trinajstić information content (AvgIpc) is 3.16. The topological polar surface area (TPSA) is 60.5 Å². The van der Waals surface area contributed by atoms with E-state index in [0.29, 0.717) is 18.3 Å². The van der Waals surface area contributed by atoms with Gasteiger partial charge >= 0.3 is 0 Å². The van der Waals surface area contributed by atoms with Gasteiger partial charge in [-0.3, -0.25) is 4.79 Å². The summed E-state index contributed by atoms with van der Waals surface area (Å²) in [6.07, 6.45) is 3.73. The van der Waals surface area contributed by atoms with Gasteiger partial charge in [0.25, 0.3) is 0 Å². The van der Waals surface area contributed by atoms with Gasteiger partial charge in [-0.2, -0.15) is 0 Å². The zero-order valence-corrected chi connectivity index (χ0v) is 13.9. The van der Waals surface area contributed by atoms with Crippen molar-refractivity contribution in [3.63, 3.8) is 0 Å². The van der Waals surface area contributed by atoms with Crippen LogP contribution in [0, 0.1) is 6.92 Å². The largest absolute Gasteiger partial charge is 0.345 e. The summed E-state index contributed by atoms with van der Waals surface area (Å²) in [5, 5.41) is 5.20. The van der Waals surface area contributed by atoms with E-state index in [1.807, 2.05) is 17.5 Å². The second-order valence-corrected chi connectivity index (χ2v) is 6.84. The first-order valence-corrected chi connectivity index (χ1v) is 8.56. The lowest BCUT2D eigenvalue weighted by molar-refractivity contribution is -0.114. The first-order valence-electron chi connectivity index (χ1n) is 6.86. The van der Waals surface area contributed by atoms with Crippen LogP contribution in [0.4, 0.5) is 5.13 Å². The summed E-state index contributed by atoms with van der Waals surface area (Å²) in [7, 11) is 0. The molecule has 1 fully saturated rings. The predicted octanol–water partition coefficient (Wildman–Crippen LogP) is 3.69. The van der Waals surface area contributed by atoms with Crippen LogP contribution in [0.3, 0.4) is 0 Å². The SMILES string of the molecule is CC(=O)Nc1nc(C=Cc2cc(C)c(C3OCCO3)s2)cs1. The number of carbonyl (C=O) groups excluding carboxylic acids is 1. The molecule has 0 atom stereocenters. The molecule has 1 N–H and O–H groups in total. The van der Waals surface area contributed by atoms with Crippen LogP contribution in [0.5, 0.6) is 0 Å². The molecule has 0 aliphatic carbocycles. The highest BCUT2D eigenvalue weighted by Crippen LogP contribution is 2.34. The van der Waals surface area contributed by atoms with Crippen LogP contribution in [0.1, 0.15) is 34.2 Å². The minimum atomic E-state index is -0.224. The maximum atomic E-state index is 11.0. The molecule has 7 heteroatoms. The normalized spacial score (nSPS) is 15.7. The fourth-order valence-electron chi connectivity index (χ4n) is 2.09. The summed E-state index contributed by atoms with van der Waals surface area (Å²) in [5.41, 5.74) is 2.00. The first kappa shape index (κ1) is 15.4. The lowest BCUT2D eigenvalue weighted by Gasteiger charge is -2.06. The number of rotatable bonds is 4. The van der Waals surface area contributed by atoms with Gasteiger partial charge in [-0.1, -0.05) is 0 Å². The molecule has 1 amide bonds. The van der Waals surface area contributed by atoms with Crippen molar-refractivity contribution in [2.75, 3.05) is 18.5 Å². The van der Waals surface area contributed by atoms with Crippen LogP contribution in [0.25, 0.3) is 12.2 Å². The molecule has 1 saturated heterocycles. The Labute approximate surface area is 136 Å². The maximum Gasteiger partial charge on any atom is 0.223 e. The lowest BCUT2D eigenvalue weighted by Crippen LogP contribution is -2.04. The Bertz CT molecular complexity index is 699. The predicted molar refractivity (Wildman–Crippen MR) is 89.0 cm³/mol. The van der Waals surface area contributed by atoms with Gasteiger partial charge in [0.05, 0.1) is 23.8 Å². The van der Waals surface area contributed by atoms with E-state index in [9.17, 15) is 4.79 Å². The van der Waals surface area contributed by atoms with E-state index < -0.39 is 0 Å². The summed E-state index contributed by atoms with van der Waals surface area (Å²) >= 11 is 3.07. The third-order valence-electron chi connectivity index (χ3n) is 3.03. The highest BCUT2D eigenvalue weighted by Gasteiger charge is 2.22. The van der Waals surface area contributed by atoms with Gasteiger partial charge in [-0.05, 0) is 30.7 Å². The van der Waals surface area contributed by atoms with Gasteiger partial charge in [-0.25, -0.2) is 4.98 Å². The molecule has 0 radical (unpaired) electrons. The van der Waals surface area contributed by atoms with Gasteiger partial charge in [0.2, 0.25) is 5.91 Å². The molecular formula is C15H16N2O3S2. The number of amides is 1. The van der Waals surface area contributed by atoms with E-state index in [2.05, 4.69) is 23.3 Å². The van der Waals surface area contributed by atoms with Crippen LogP contribution in [0.15, 0.2) is 11.4 Å². The minimum absolute atomic E-state index is 0.111. The molecule has 0 unspecified atom stereocenters. The Hall–Kier alpha value is -1.54. The molecule has 5 nitrogen and oxygen atoms in total. The number of thiazole rings is 1. The number of hydrogen-bond acceptors (Lipinski definition) is 6. The van der Waals surface area contributed by atoms with E-state index in [1.165, 1.54) is 23.8 Å². The molecule has 116 valence electrons. The van der Waals surface area contributed by atoms with Crippen molar-refractivity contribution in [1.82, 2.24) is 4.98 Å². The highest BCUT2D eigenvalue weighted by atomic mass is 32.1. The molecule has 2 aromatic rings. The molecule has 1 aliphatic heterocycles. The van der Waals surface area contributed by atoms with E-state index in [-0.39, 0.29) is 12.2 Å². The molecule has 0 bridgehead atoms. The van der Waals surface area contributed by atoms with Gasteiger partial charge in [0.1, 0.15) is 0 Å². The number of thiophene rings is 1. The number of aromatic nitrogens is 1. The Morgan fingerprint density at radius 2 is 2.18 bits per heavy atom. The zero-order chi connectivity index (χ0) is 15.5. The van der Waals surface area contributed by atoms with Gasteiger partial charge in [0.15, 0.2) is 11.4 Å². The van der Waals surface area contributed by atoms with E-state index in [0.717, 1.165) is 15.4 Å². The van der Waals surface area contributed by atoms with Crippen molar-refractivity contribution in [2.45, 2.75) is 20.1 Å². The monoisotopic (exact) mass is 336 g/mol. The van der Waals surface area contributed by atoms with Crippen molar-refractivity contribution in [1.29, 1.82) is 0 Å². The second-order valence-electron chi connectivity index (χ2n) is 4.86. The van der Waals surface area contributed by atoms with Gasteiger partial charge < -0.3 is 14.8 Å². The van der Waals surface area contributed by atoms with E-state index >= 15 is 0 Å². The van der Waals surface area contributed by atoms with Crippen LogP contribution < -0.4 is 5.32 Å². The quantitative estimate of drug-likeness (QED) is 0.925. The average molecular weight is 336 g/mol. The Balaban J connectivity index is 1.71. The minimum Gasteiger partial charge on any atom is -0.345 e. The van der Waals surface area contributed by atoms with Crippen molar-refractivity contribution in [2.24, 2.45) is 0 Å². The Morgan fingerprint density at radius 1 is 1.41 bits per heavy atom. The van der Waals surface area contributed by atoms with E-state index in [4.69, 9.17) is 9.47 Å². The van der Waals surface area contributed by atoms with E-state index in [1.54, 1.807) is 11.3 Å². The highest BCUT2D eigenvalue weighted by molar-refractivity contribution is 7.14. The Kier molecular flexibility index (Phi) is 4.68. The third-order valence-corrected chi connectivity index (χ3v) is 5.03. The molecule has 0 saturated carbocycles. The molecule has 3 rings (SSSR count). The second kappa shape index (κ2) is 6.70. The number of nitrogens with zero attached hydrogens (tertiary/aromatic N) is 1. The fraction of sp³-hybridized carbons (Fsp3) is 0.333. The van der Waals surface area contributed by atoms with Gasteiger partial charge in [-0.15, -0.1) is 22.7 Å².